The van der Waals surface area contributed by atoms with Gasteiger partial charge in [0.15, 0.2) is 11.5 Å². The Labute approximate surface area is 160 Å². The third-order valence-electron chi connectivity index (χ3n) is 5.19. The monoisotopic (exact) mass is 379 g/mol. The summed E-state index contributed by atoms with van der Waals surface area (Å²) in [5.74, 6) is -0.276. The Kier molecular flexibility index (Phi) is 3.89. The molecule has 1 saturated carbocycles. The maximum Gasteiger partial charge on any atom is 0.258 e. The molecule has 28 heavy (non-hydrogen) atoms. The number of halogens is 1. The zero-order valence-corrected chi connectivity index (χ0v) is 15.1. The first-order chi connectivity index (χ1) is 13.6. The van der Waals surface area contributed by atoms with Gasteiger partial charge in [-0.25, -0.2) is 4.39 Å². The minimum atomic E-state index is -0.572. The van der Waals surface area contributed by atoms with E-state index in [1.54, 1.807) is 18.2 Å². The van der Waals surface area contributed by atoms with Gasteiger partial charge in [-0.05, 0) is 31.0 Å². The van der Waals surface area contributed by atoms with Crippen LogP contribution in [0.3, 0.4) is 0 Å². The van der Waals surface area contributed by atoms with Crippen LogP contribution in [0.4, 0.5) is 10.1 Å². The maximum atomic E-state index is 13.9. The van der Waals surface area contributed by atoms with E-state index in [1.165, 1.54) is 24.9 Å². The van der Waals surface area contributed by atoms with Crippen molar-refractivity contribution in [2.24, 2.45) is 0 Å². The summed E-state index contributed by atoms with van der Waals surface area (Å²) in [4.78, 5) is 21.0. The number of carbonyl (C=O) groups excluding carboxylic acids is 1. The van der Waals surface area contributed by atoms with Crippen LogP contribution in [0.5, 0.6) is 11.5 Å². The number of ether oxygens (including phenoxy) is 2. The van der Waals surface area contributed by atoms with Crippen molar-refractivity contribution in [2.45, 2.75) is 37.9 Å². The van der Waals surface area contributed by atoms with E-state index in [4.69, 9.17) is 9.47 Å². The van der Waals surface area contributed by atoms with Gasteiger partial charge in [0.25, 0.3) is 11.7 Å². The molecular formula is C21H18FN3O3. The number of anilines is 1. The van der Waals surface area contributed by atoms with Gasteiger partial charge in [0.05, 0.1) is 11.1 Å². The average Bonchev–Trinajstić information content (AvgIpc) is 3.04. The van der Waals surface area contributed by atoms with Crippen LogP contribution < -0.4 is 14.8 Å². The van der Waals surface area contributed by atoms with E-state index < -0.39 is 17.5 Å². The summed E-state index contributed by atoms with van der Waals surface area (Å²) in [5, 5.41) is 2.79. The second kappa shape index (κ2) is 6.44. The molecule has 1 aliphatic carbocycles. The van der Waals surface area contributed by atoms with Crippen LogP contribution in [0.15, 0.2) is 42.7 Å². The van der Waals surface area contributed by atoms with Gasteiger partial charge in [-0.15, -0.1) is 0 Å². The van der Waals surface area contributed by atoms with E-state index in [0.717, 1.165) is 31.7 Å². The smallest absolute Gasteiger partial charge is 0.258 e. The Balaban J connectivity index is 1.41. The Bertz CT molecular complexity index is 1080. The number of benzene rings is 2. The van der Waals surface area contributed by atoms with Crippen molar-refractivity contribution >= 4 is 22.6 Å². The van der Waals surface area contributed by atoms with Crippen LogP contribution in [0.2, 0.25) is 0 Å². The number of carbonyl (C=O) groups is 1. The first kappa shape index (κ1) is 16.9. The lowest BCUT2D eigenvalue weighted by atomic mass is 9.94. The quantitative estimate of drug-likeness (QED) is 0.712. The minimum Gasteiger partial charge on any atom is -0.448 e. The largest absolute Gasteiger partial charge is 0.448 e. The van der Waals surface area contributed by atoms with E-state index in [1.807, 2.05) is 0 Å². The summed E-state index contributed by atoms with van der Waals surface area (Å²) < 4.78 is 26.0. The van der Waals surface area contributed by atoms with E-state index in [2.05, 4.69) is 15.3 Å². The first-order valence-corrected chi connectivity index (χ1v) is 9.36. The molecule has 2 heterocycles. The maximum absolute atomic E-state index is 13.9. The molecule has 7 heteroatoms. The highest BCUT2D eigenvalue weighted by molar-refractivity contribution is 6.11. The number of nitrogens with one attached hydrogen (secondary N) is 1. The Morgan fingerprint density at radius 2 is 1.79 bits per heavy atom. The minimum absolute atomic E-state index is 0.129. The van der Waals surface area contributed by atoms with Crippen LogP contribution in [0, 0.1) is 5.82 Å². The lowest BCUT2D eigenvalue weighted by Crippen LogP contribution is -2.40. The molecule has 0 bridgehead atoms. The first-order valence-electron chi connectivity index (χ1n) is 9.36. The summed E-state index contributed by atoms with van der Waals surface area (Å²) in [5.41, 5.74) is 1.35. The summed E-state index contributed by atoms with van der Waals surface area (Å²) in [7, 11) is 0. The molecule has 5 rings (SSSR count). The molecular weight excluding hydrogens is 361 g/mol. The molecule has 2 aliphatic rings. The van der Waals surface area contributed by atoms with Gasteiger partial charge in [0.2, 0.25) is 0 Å². The molecule has 0 radical (unpaired) electrons. The Morgan fingerprint density at radius 3 is 2.64 bits per heavy atom. The number of rotatable bonds is 2. The van der Waals surface area contributed by atoms with E-state index in [0.29, 0.717) is 28.2 Å². The molecule has 0 unspecified atom stereocenters. The zero-order chi connectivity index (χ0) is 19.1. The molecule has 1 amide bonds. The van der Waals surface area contributed by atoms with Crippen LogP contribution in [-0.4, -0.2) is 21.7 Å². The van der Waals surface area contributed by atoms with Gasteiger partial charge in [0, 0.05) is 43.1 Å². The number of hydrogen-bond donors (Lipinski definition) is 1. The highest BCUT2D eigenvalue weighted by Gasteiger charge is 2.42. The standard InChI is InChI=1S/C21H18FN3O3/c22-13-10-15(19-16(11-13)23-8-9-24-19)20(26)25-14-4-5-17-18(12-14)28-21(27-17)6-2-1-3-7-21/h4-5,8-12H,1-3,6-7H2,(H,25,26). The molecule has 3 aromatic rings. The fourth-order valence-corrected chi connectivity index (χ4v) is 3.88. The fraction of sp³-hybridized carbons (Fsp3) is 0.286. The average molecular weight is 379 g/mol. The molecule has 1 aliphatic heterocycles. The SMILES string of the molecule is O=C(Nc1ccc2c(c1)OC1(CCCCC1)O2)c1cc(F)cc2nccnc12. The number of amides is 1. The lowest BCUT2D eigenvalue weighted by molar-refractivity contribution is -0.105. The van der Waals surface area contributed by atoms with E-state index in [-0.39, 0.29) is 5.56 Å². The van der Waals surface area contributed by atoms with Gasteiger partial charge >= 0.3 is 0 Å². The second-order valence-electron chi connectivity index (χ2n) is 7.17. The molecule has 142 valence electrons. The molecule has 1 spiro atoms. The highest BCUT2D eigenvalue weighted by atomic mass is 19.1. The molecule has 1 N–H and O–H groups in total. The number of hydrogen-bond acceptors (Lipinski definition) is 5. The topological polar surface area (TPSA) is 73.3 Å². The molecule has 0 atom stereocenters. The third kappa shape index (κ3) is 2.93. The number of aromatic nitrogens is 2. The number of nitrogens with zero attached hydrogens (tertiary/aromatic N) is 2. The summed E-state index contributed by atoms with van der Waals surface area (Å²) >= 11 is 0. The van der Waals surface area contributed by atoms with Crippen molar-refractivity contribution in [1.29, 1.82) is 0 Å². The van der Waals surface area contributed by atoms with Gasteiger partial charge in [0.1, 0.15) is 11.3 Å². The van der Waals surface area contributed by atoms with Crippen LogP contribution in [0.1, 0.15) is 42.5 Å². The van der Waals surface area contributed by atoms with Crippen molar-refractivity contribution in [3.8, 4) is 11.5 Å². The molecule has 2 aromatic carbocycles. The Hall–Kier alpha value is -3.22. The molecule has 1 fully saturated rings. The van der Waals surface area contributed by atoms with Crippen LogP contribution >= 0.6 is 0 Å². The predicted octanol–water partition coefficient (Wildman–Crippen LogP) is 4.45. The molecule has 0 saturated heterocycles. The highest BCUT2D eigenvalue weighted by Crippen LogP contribution is 2.46. The lowest BCUT2D eigenvalue weighted by Gasteiger charge is -2.31. The third-order valence-corrected chi connectivity index (χ3v) is 5.19. The van der Waals surface area contributed by atoms with Gasteiger partial charge in [-0.3, -0.25) is 14.8 Å². The van der Waals surface area contributed by atoms with E-state index >= 15 is 0 Å². The van der Waals surface area contributed by atoms with Crippen molar-refractivity contribution in [1.82, 2.24) is 9.97 Å². The molecule has 6 nitrogen and oxygen atoms in total. The fourth-order valence-electron chi connectivity index (χ4n) is 3.88. The van der Waals surface area contributed by atoms with Crippen LogP contribution in [-0.2, 0) is 0 Å². The van der Waals surface area contributed by atoms with Crippen molar-refractivity contribution in [3.05, 3.63) is 54.1 Å². The summed E-state index contributed by atoms with van der Waals surface area (Å²) in [6, 6.07) is 7.69. The van der Waals surface area contributed by atoms with Crippen molar-refractivity contribution in [3.63, 3.8) is 0 Å². The van der Waals surface area contributed by atoms with Crippen LogP contribution in [0.25, 0.3) is 11.0 Å². The molecule has 1 aromatic heterocycles. The Morgan fingerprint density at radius 1 is 1.00 bits per heavy atom. The van der Waals surface area contributed by atoms with Crippen molar-refractivity contribution in [2.75, 3.05) is 5.32 Å². The van der Waals surface area contributed by atoms with Crippen molar-refractivity contribution < 1.29 is 18.7 Å². The number of fused-ring (bicyclic) bond motifs is 2. The van der Waals surface area contributed by atoms with E-state index in [9.17, 15) is 9.18 Å². The van der Waals surface area contributed by atoms with Gasteiger partial charge in [-0.1, -0.05) is 6.42 Å². The zero-order valence-electron chi connectivity index (χ0n) is 15.1. The van der Waals surface area contributed by atoms with Gasteiger partial charge in [-0.2, -0.15) is 0 Å². The summed E-state index contributed by atoms with van der Waals surface area (Å²) in [6.07, 6.45) is 7.99. The predicted molar refractivity (Wildman–Crippen MR) is 101 cm³/mol. The summed E-state index contributed by atoms with van der Waals surface area (Å²) in [6.45, 7) is 0. The normalized spacial score (nSPS) is 17.0. The second-order valence-corrected chi connectivity index (χ2v) is 7.17. The van der Waals surface area contributed by atoms with Gasteiger partial charge < -0.3 is 14.8 Å².